The molecule has 0 aromatic heterocycles. The second-order valence-electron chi connectivity index (χ2n) is 4.25. The first-order valence-corrected chi connectivity index (χ1v) is 6.20. The third kappa shape index (κ3) is 5.03. The van der Waals surface area contributed by atoms with Crippen molar-refractivity contribution < 1.29 is 27.5 Å². The minimum atomic E-state index is -4.97. The van der Waals surface area contributed by atoms with E-state index in [0.717, 1.165) is 12.8 Å². The fraction of sp³-hybridized carbons (Fsp3) is 0.429. The molecule has 0 aliphatic rings. The summed E-state index contributed by atoms with van der Waals surface area (Å²) in [5.41, 5.74) is 0.0606. The highest BCUT2D eigenvalue weighted by Gasteiger charge is 2.39. The van der Waals surface area contributed by atoms with Crippen molar-refractivity contribution in [3.63, 3.8) is 0 Å². The number of unbranched alkanes of at least 4 members (excludes halogenated alkanes) is 1. The van der Waals surface area contributed by atoms with Crippen molar-refractivity contribution in [1.29, 1.82) is 0 Å². The Morgan fingerprint density at radius 3 is 2.25 bits per heavy atom. The molecule has 3 nitrogen and oxygen atoms in total. The van der Waals surface area contributed by atoms with Gasteiger partial charge in [0.15, 0.2) is 5.78 Å². The summed E-state index contributed by atoms with van der Waals surface area (Å²) in [4.78, 5) is 22.2. The SMILES string of the molecule is CCCCOc1ccc(C(=O)CC(=O)C(F)(F)F)cc1. The van der Waals surface area contributed by atoms with Crippen LogP contribution in [0.3, 0.4) is 0 Å². The lowest BCUT2D eigenvalue weighted by Crippen LogP contribution is -2.25. The number of carbonyl (C=O) groups excluding carboxylic acids is 2. The zero-order valence-electron chi connectivity index (χ0n) is 11.0. The van der Waals surface area contributed by atoms with E-state index in [9.17, 15) is 22.8 Å². The van der Waals surface area contributed by atoms with E-state index in [2.05, 4.69) is 0 Å². The number of halogens is 3. The van der Waals surface area contributed by atoms with Crippen LogP contribution in [0.25, 0.3) is 0 Å². The number of hydrogen-bond acceptors (Lipinski definition) is 3. The summed E-state index contributed by atoms with van der Waals surface area (Å²) in [6, 6.07) is 5.71. The van der Waals surface area contributed by atoms with Crippen LogP contribution in [0.4, 0.5) is 13.2 Å². The van der Waals surface area contributed by atoms with Gasteiger partial charge in [-0.25, -0.2) is 0 Å². The maximum Gasteiger partial charge on any atom is 0.450 e. The van der Waals surface area contributed by atoms with E-state index in [4.69, 9.17) is 4.74 Å². The van der Waals surface area contributed by atoms with Crippen LogP contribution >= 0.6 is 0 Å². The summed E-state index contributed by atoms with van der Waals surface area (Å²) in [6.45, 7) is 2.55. The molecule has 0 spiro atoms. The van der Waals surface area contributed by atoms with E-state index in [1.165, 1.54) is 24.3 Å². The van der Waals surface area contributed by atoms with Gasteiger partial charge in [-0.2, -0.15) is 13.2 Å². The van der Waals surface area contributed by atoms with Gasteiger partial charge in [0.05, 0.1) is 13.0 Å². The highest BCUT2D eigenvalue weighted by molar-refractivity contribution is 6.09. The molecule has 0 bridgehead atoms. The largest absolute Gasteiger partial charge is 0.494 e. The van der Waals surface area contributed by atoms with Gasteiger partial charge in [0.1, 0.15) is 5.75 Å². The van der Waals surface area contributed by atoms with Gasteiger partial charge in [-0.15, -0.1) is 0 Å². The molecule has 0 N–H and O–H groups in total. The summed E-state index contributed by atoms with van der Waals surface area (Å²) in [6.07, 6.45) is -4.27. The molecule has 0 aliphatic heterocycles. The van der Waals surface area contributed by atoms with Gasteiger partial charge in [-0.3, -0.25) is 9.59 Å². The number of rotatable bonds is 7. The lowest BCUT2D eigenvalue weighted by Gasteiger charge is -2.07. The van der Waals surface area contributed by atoms with E-state index in [0.29, 0.717) is 12.4 Å². The molecular formula is C14H15F3O3. The average Bonchev–Trinajstić information content (AvgIpc) is 2.38. The van der Waals surface area contributed by atoms with Gasteiger partial charge in [0.2, 0.25) is 5.78 Å². The molecule has 0 saturated carbocycles. The van der Waals surface area contributed by atoms with E-state index < -0.39 is 24.2 Å². The van der Waals surface area contributed by atoms with Gasteiger partial charge < -0.3 is 4.74 Å². The van der Waals surface area contributed by atoms with Crippen LogP contribution in [0.2, 0.25) is 0 Å². The van der Waals surface area contributed by atoms with Crippen molar-refractivity contribution >= 4 is 11.6 Å². The predicted molar refractivity (Wildman–Crippen MR) is 66.9 cm³/mol. The van der Waals surface area contributed by atoms with Crippen molar-refractivity contribution in [3.05, 3.63) is 29.8 Å². The monoisotopic (exact) mass is 288 g/mol. The van der Waals surface area contributed by atoms with Crippen LogP contribution < -0.4 is 4.74 Å². The van der Waals surface area contributed by atoms with Crippen LogP contribution in [0, 0.1) is 0 Å². The van der Waals surface area contributed by atoms with Crippen molar-refractivity contribution in [3.8, 4) is 5.75 Å². The topological polar surface area (TPSA) is 43.4 Å². The highest BCUT2D eigenvalue weighted by Crippen LogP contribution is 2.20. The zero-order chi connectivity index (χ0) is 15.2. The van der Waals surface area contributed by atoms with Crippen molar-refractivity contribution in [2.45, 2.75) is 32.4 Å². The summed E-state index contributed by atoms with van der Waals surface area (Å²) >= 11 is 0. The molecule has 0 saturated heterocycles. The number of benzene rings is 1. The summed E-state index contributed by atoms with van der Waals surface area (Å²) in [5, 5.41) is 0. The first-order valence-electron chi connectivity index (χ1n) is 6.20. The van der Waals surface area contributed by atoms with Crippen LogP contribution in [-0.4, -0.2) is 24.3 Å². The average molecular weight is 288 g/mol. The first-order chi connectivity index (χ1) is 9.34. The lowest BCUT2D eigenvalue weighted by atomic mass is 10.1. The van der Waals surface area contributed by atoms with Crippen LogP contribution in [-0.2, 0) is 4.79 Å². The molecule has 6 heteroatoms. The molecular weight excluding hydrogens is 273 g/mol. The molecule has 20 heavy (non-hydrogen) atoms. The minimum Gasteiger partial charge on any atom is -0.494 e. The Morgan fingerprint density at radius 1 is 1.15 bits per heavy atom. The van der Waals surface area contributed by atoms with Crippen LogP contribution in [0.15, 0.2) is 24.3 Å². The van der Waals surface area contributed by atoms with E-state index in [1.807, 2.05) is 6.92 Å². The van der Waals surface area contributed by atoms with Crippen LogP contribution in [0.5, 0.6) is 5.75 Å². The molecule has 1 aromatic rings. The summed E-state index contributed by atoms with van der Waals surface area (Å²) < 4.78 is 41.5. The van der Waals surface area contributed by atoms with Gasteiger partial charge >= 0.3 is 6.18 Å². The maximum absolute atomic E-state index is 12.0. The number of alkyl halides is 3. The number of Topliss-reactive ketones (excluding diaryl/α,β-unsaturated/α-hetero) is 2. The fourth-order valence-electron chi connectivity index (χ4n) is 1.42. The quantitative estimate of drug-likeness (QED) is 0.437. The smallest absolute Gasteiger partial charge is 0.450 e. The van der Waals surface area contributed by atoms with Crippen molar-refractivity contribution in [2.75, 3.05) is 6.61 Å². The van der Waals surface area contributed by atoms with E-state index >= 15 is 0 Å². The van der Waals surface area contributed by atoms with Crippen molar-refractivity contribution in [1.82, 2.24) is 0 Å². The zero-order valence-corrected chi connectivity index (χ0v) is 11.0. The van der Waals surface area contributed by atoms with Gasteiger partial charge in [0.25, 0.3) is 0 Å². The number of hydrogen-bond donors (Lipinski definition) is 0. The second-order valence-corrected chi connectivity index (χ2v) is 4.25. The highest BCUT2D eigenvalue weighted by atomic mass is 19.4. The molecule has 0 unspecified atom stereocenters. The number of ketones is 2. The second kappa shape index (κ2) is 7.07. The Balaban J connectivity index is 2.60. The van der Waals surface area contributed by atoms with Gasteiger partial charge in [0, 0.05) is 5.56 Å². The summed E-state index contributed by atoms with van der Waals surface area (Å²) in [7, 11) is 0. The molecule has 1 rings (SSSR count). The minimum absolute atomic E-state index is 0.0606. The Bertz CT molecular complexity index is 464. The van der Waals surface area contributed by atoms with E-state index in [-0.39, 0.29) is 5.56 Å². The molecule has 0 atom stereocenters. The molecule has 0 heterocycles. The third-order valence-corrected chi connectivity index (χ3v) is 2.58. The predicted octanol–water partition coefficient (Wildman–Crippen LogP) is 3.57. The first kappa shape index (κ1) is 16.2. The third-order valence-electron chi connectivity index (χ3n) is 2.58. The lowest BCUT2D eigenvalue weighted by molar-refractivity contribution is -0.170. The van der Waals surface area contributed by atoms with E-state index in [1.54, 1.807) is 0 Å². The number of carbonyl (C=O) groups is 2. The fourth-order valence-corrected chi connectivity index (χ4v) is 1.42. The van der Waals surface area contributed by atoms with Gasteiger partial charge in [-0.1, -0.05) is 13.3 Å². The molecule has 0 radical (unpaired) electrons. The van der Waals surface area contributed by atoms with Gasteiger partial charge in [-0.05, 0) is 30.7 Å². The molecule has 1 aromatic carbocycles. The van der Waals surface area contributed by atoms with Crippen LogP contribution in [0.1, 0.15) is 36.5 Å². The molecule has 0 fully saturated rings. The van der Waals surface area contributed by atoms with Crippen molar-refractivity contribution in [2.24, 2.45) is 0 Å². The molecule has 110 valence electrons. The summed E-state index contributed by atoms with van der Waals surface area (Å²) in [5.74, 6) is -2.35. The number of ether oxygens (including phenoxy) is 1. The Kier molecular flexibility index (Phi) is 5.73. The Hall–Kier alpha value is -1.85. The Labute approximate surface area is 114 Å². The Morgan fingerprint density at radius 2 is 1.75 bits per heavy atom. The molecule has 0 amide bonds. The standard InChI is InChI=1S/C14H15F3O3/c1-2-3-8-20-11-6-4-10(5-7-11)12(18)9-13(19)14(15,16)17/h4-7H,2-3,8-9H2,1H3. The maximum atomic E-state index is 12.0. The normalized spacial score (nSPS) is 11.2. The molecule has 0 aliphatic carbocycles.